The molecule has 0 aliphatic carbocycles. The van der Waals surface area contributed by atoms with Crippen LogP contribution in [-0.2, 0) is 21.3 Å². The number of nitrogen functional groups attached to an aromatic ring is 1. The molecule has 0 radical (unpaired) electrons. The van der Waals surface area contributed by atoms with Crippen LogP contribution in [0, 0.1) is 0 Å². The maximum absolute atomic E-state index is 12.0. The van der Waals surface area contributed by atoms with Gasteiger partial charge in [0.25, 0.3) is 0 Å². The number of hydrogen-bond donors (Lipinski definition) is 1. The Hall–Kier alpha value is -1.81. The summed E-state index contributed by atoms with van der Waals surface area (Å²) in [6.07, 6.45) is 0. The lowest BCUT2D eigenvalue weighted by molar-refractivity contribution is 0.594. The van der Waals surface area contributed by atoms with Crippen LogP contribution in [0.4, 0.5) is 5.69 Å². The topological polar surface area (TPSA) is 60.2 Å². The highest BCUT2D eigenvalue weighted by atomic mass is 32.2. The van der Waals surface area contributed by atoms with Crippen molar-refractivity contribution < 1.29 is 8.42 Å². The minimum absolute atomic E-state index is 0.0438. The van der Waals surface area contributed by atoms with Crippen molar-refractivity contribution in [3.63, 3.8) is 0 Å². The highest BCUT2D eigenvalue weighted by Crippen LogP contribution is 2.13. The molecule has 0 atom stereocenters. The molecular formula is C14H15NO2S. The summed E-state index contributed by atoms with van der Waals surface area (Å²) >= 11 is 0. The van der Waals surface area contributed by atoms with Crippen molar-refractivity contribution >= 4 is 15.5 Å². The molecule has 0 unspecified atom stereocenters. The number of sulfone groups is 1. The summed E-state index contributed by atoms with van der Waals surface area (Å²) in [5.41, 5.74) is 7.78. The summed E-state index contributed by atoms with van der Waals surface area (Å²) in [4.78, 5) is 0. The zero-order chi connectivity index (χ0) is 13.0. The Labute approximate surface area is 107 Å². The van der Waals surface area contributed by atoms with Crippen molar-refractivity contribution in [3.8, 4) is 0 Å². The molecule has 0 aliphatic rings. The van der Waals surface area contributed by atoms with Gasteiger partial charge in [0.15, 0.2) is 9.84 Å². The molecule has 3 nitrogen and oxygen atoms in total. The van der Waals surface area contributed by atoms with Gasteiger partial charge >= 0.3 is 0 Å². The van der Waals surface area contributed by atoms with Crippen LogP contribution in [0.2, 0.25) is 0 Å². The summed E-state index contributed by atoms with van der Waals surface area (Å²) < 4.78 is 24.0. The second-order valence-corrected chi connectivity index (χ2v) is 6.32. The monoisotopic (exact) mass is 261 g/mol. The first-order valence-corrected chi connectivity index (χ1v) is 7.46. The molecule has 2 N–H and O–H groups in total. The molecule has 0 aliphatic heterocycles. The Kier molecular flexibility index (Phi) is 3.67. The van der Waals surface area contributed by atoms with Gasteiger partial charge in [0, 0.05) is 5.69 Å². The van der Waals surface area contributed by atoms with Crippen LogP contribution in [0.5, 0.6) is 0 Å². The second kappa shape index (κ2) is 5.23. The fourth-order valence-electron chi connectivity index (χ4n) is 1.75. The van der Waals surface area contributed by atoms with Gasteiger partial charge in [-0.2, -0.15) is 0 Å². The molecule has 0 aromatic heterocycles. The molecule has 0 spiro atoms. The van der Waals surface area contributed by atoms with E-state index in [-0.39, 0.29) is 11.5 Å². The summed E-state index contributed by atoms with van der Waals surface area (Å²) in [6, 6.07) is 16.1. The maximum atomic E-state index is 12.0. The third kappa shape index (κ3) is 3.60. The minimum atomic E-state index is -3.14. The molecule has 0 heterocycles. The number of anilines is 1. The van der Waals surface area contributed by atoms with Crippen molar-refractivity contribution in [2.45, 2.75) is 11.5 Å². The van der Waals surface area contributed by atoms with E-state index in [0.29, 0.717) is 5.69 Å². The predicted molar refractivity (Wildman–Crippen MR) is 73.6 cm³/mol. The van der Waals surface area contributed by atoms with Crippen molar-refractivity contribution in [2.24, 2.45) is 0 Å². The molecule has 4 heteroatoms. The molecule has 2 rings (SSSR count). The molecule has 0 saturated carbocycles. The third-order valence-electron chi connectivity index (χ3n) is 2.60. The Morgan fingerprint density at radius 1 is 0.778 bits per heavy atom. The van der Waals surface area contributed by atoms with E-state index in [2.05, 4.69) is 0 Å². The van der Waals surface area contributed by atoms with Crippen LogP contribution in [-0.4, -0.2) is 8.42 Å². The van der Waals surface area contributed by atoms with Gasteiger partial charge in [0.05, 0.1) is 11.5 Å². The lowest BCUT2D eigenvalue weighted by Gasteiger charge is -2.05. The van der Waals surface area contributed by atoms with Crippen LogP contribution in [0.25, 0.3) is 0 Å². The van der Waals surface area contributed by atoms with Crippen LogP contribution in [0.1, 0.15) is 11.1 Å². The molecule has 2 aromatic rings. The van der Waals surface area contributed by atoms with Gasteiger partial charge in [0.2, 0.25) is 0 Å². The van der Waals surface area contributed by atoms with Crippen LogP contribution >= 0.6 is 0 Å². The van der Waals surface area contributed by atoms with Crippen LogP contribution in [0.3, 0.4) is 0 Å². The van der Waals surface area contributed by atoms with E-state index in [4.69, 9.17) is 5.73 Å². The van der Waals surface area contributed by atoms with Crippen LogP contribution < -0.4 is 5.73 Å². The Balaban J connectivity index is 2.10. The molecular weight excluding hydrogens is 246 g/mol. The largest absolute Gasteiger partial charge is 0.399 e. The van der Waals surface area contributed by atoms with Crippen LogP contribution in [0.15, 0.2) is 54.6 Å². The van der Waals surface area contributed by atoms with Crippen molar-refractivity contribution in [1.82, 2.24) is 0 Å². The normalized spacial score (nSPS) is 11.3. The first-order valence-electron chi connectivity index (χ1n) is 5.64. The lowest BCUT2D eigenvalue weighted by atomic mass is 10.2. The number of nitrogens with two attached hydrogens (primary N) is 1. The molecule has 18 heavy (non-hydrogen) atoms. The summed E-state index contributed by atoms with van der Waals surface area (Å²) in [5, 5.41) is 0. The first-order chi connectivity index (χ1) is 8.55. The summed E-state index contributed by atoms with van der Waals surface area (Å²) in [6.45, 7) is 0. The first kappa shape index (κ1) is 12.6. The Bertz CT molecular complexity index is 604. The van der Waals surface area contributed by atoms with E-state index in [9.17, 15) is 8.42 Å². The minimum Gasteiger partial charge on any atom is -0.399 e. The molecule has 0 bridgehead atoms. The smallest absolute Gasteiger partial charge is 0.158 e. The quantitative estimate of drug-likeness (QED) is 0.860. The van der Waals surface area contributed by atoms with Gasteiger partial charge in [-0.1, -0.05) is 42.5 Å². The number of benzene rings is 2. The van der Waals surface area contributed by atoms with Crippen molar-refractivity contribution in [1.29, 1.82) is 0 Å². The average Bonchev–Trinajstić information content (AvgIpc) is 2.32. The fraction of sp³-hybridized carbons (Fsp3) is 0.143. The molecule has 0 amide bonds. The van der Waals surface area contributed by atoms with E-state index in [1.54, 1.807) is 24.3 Å². The SMILES string of the molecule is Nc1ccc(CS(=O)(=O)Cc2ccccc2)cc1. The van der Waals surface area contributed by atoms with Gasteiger partial charge in [0.1, 0.15) is 0 Å². The summed E-state index contributed by atoms with van der Waals surface area (Å²) in [5.74, 6) is 0.111. The van der Waals surface area contributed by atoms with Crippen molar-refractivity contribution in [3.05, 3.63) is 65.7 Å². The van der Waals surface area contributed by atoms with Gasteiger partial charge < -0.3 is 5.73 Å². The molecule has 0 saturated heterocycles. The van der Waals surface area contributed by atoms with E-state index in [0.717, 1.165) is 11.1 Å². The second-order valence-electron chi connectivity index (χ2n) is 4.26. The molecule has 94 valence electrons. The standard InChI is InChI=1S/C14H15NO2S/c15-14-8-6-13(7-9-14)11-18(16,17)10-12-4-2-1-3-5-12/h1-9H,10-11,15H2. The van der Waals surface area contributed by atoms with E-state index in [1.165, 1.54) is 0 Å². The van der Waals surface area contributed by atoms with Crippen molar-refractivity contribution in [2.75, 3.05) is 5.73 Å². The molecule has 2 aromatic carbocycles. The predicted octanol–water partition coefficient (Wildman–Crippen LogP) is 2.38. The summed E-state index contributed by atoms with van der Waals surface area (Å²) in [7, 11) is -3.14. The highest BCUT2D eigenvalue weighted by molar-refractivity contribution is 7.89. The maximum Gasteiger partial charge on any atom is 0.158 e. The third-order valence-corrected chi connectivity index (χ3v) is 4.14. The zero-order valence-corrected chi connectivity index (χ0v) is 10.7. The molecule has 0 fully saturated rings. The van der Waals surface area contributed by atoms with Gasteiger partial charge in [-0.25, -0.2) is 8.42 Å². The van der Waals surface area contributed by atoms with E-state index in [1.807, 2.05) is 30.3 Å². The zero-order valence-electron chi connectivity index (χ0n) is 9.91. The van der Waals surface area contributed by atoms with E-state index < -0.39 is 9.84 Å². The van der Waals surface area contributed by atoms with Gasteiger partial charge in [-0.05, 0) is 23.3 Å². The Morgan fingerprint density at radius 3 is 1.83 bits per heavy atom. The lowest BCUT2D eigenvalue weighted by Crippen LogP contribution is -2.07. The van der Waals surface area contributed by atoms with E-state index >= 15 is 0 Å². The highest BCUT2D eigenvalue weighted by Gasteiger charge is 2.12. The van der Waals surface area contributed by atoms with Gasteiger partial charge in [-0.15, -0.1) is 0 Å². The fourth-order valence-corrected chi connectivity index (χ4v) is 3.25. The Morgan fingerprint density at radius 2 is 1.28 bits per heavy atom. The number of rotatable bonds is 4. The van der Waals surface area contributed by atoms with Gasteiger partial charge in [-0.3, -0.25) is 0 Å². The number of hydrogen-bond acceptors (Lipinski definition) is 3. The average molecular weight is 261 g/mol.